The number of thioether (sulfide) groups is 2. The molecule has 3 aromatic rings. The fourth-order valence-electron chi connectivity index (χ4n) is 4.09. The summed E-state index contributed by atoms with van der Waals surface area (Å²) in [7, 11) is -0.0351. The minimum atomic E-state index is -4.28. The SMILES string of the molecule is C[N+](C)(Cc1ccc(C[C@H]2CSCS2)cc1)c1cccc2c(S(=O)(=O)O)cccc12. The molecule has 1 atom stereocenters. The van der Waals surface area contributed by atoms with E-state index >= 15 is 0 Å². The molecule has 0 bridgehead atoms. The molecule has 1 N–H and O–H groups in total. The molecule has 1 aliphatic rings. The maximum absolute atomic E-state index is 11.8. The van der Waals surface area contributed by atoms with Crippen LogP contribution in [-0.4, -0.2) is 43.2 Å². The third-order valence-electron chi connectivity index (χ3n) is 5.54. The second-order valence-corrected chi connectivity index (χ2v) is 12.3. The average Bonchev–Trinajstić information content (AvgIpc) is 3.20. The Kier molecular flexibility index (Phi) is 6.19. The van der Waals surface area contributed by atoms with Crippen LogP contribution >= 0.6 is 23.5 Å². The van der Waals surface area contributed by atoms with Crippen LogP contribution in [0.25, 0.3) is 10.8 Å². The smallest absolute Gasteiger partial charge is 0.292 e. The van der Waals surface area contributed by atoms with E-state index in [1.165, 1.54) is 28.0 Å². The Labute approximate surface area is 187 Å². The van der Waals surface area contributed by atoms with Crippen LogP contribution in [0.15, 0.2) is 65.6 Å². The Balaban J connectivity index is 1.61. The quantitative estimate of drug-likeness (QED) is 0.405. The molecule has 0 saturated carbocycles. The lowest BCUT2D eigenvalue weighted by Gasteiger charge is -2.30. The topological polar surface area (TPSA) is 54.4 Å². The van der Waals surface area contributed by atoms with Crippen molar-refractivity contribution in [2.75, 3.05) is 24.9 Å². The fourth-order valence-corrected chi connectivity index (χ4v) is 7.70. The van der Waals surface area contributed by atoms with Crippen LogP contribution < -0.4 is 4.48 Å². The summed E-state index contributed by atoms with van der Waals surface area (Å²) in [6, 6.07) is 19.6. The Hall–Kier alpha value is -1.51. The van der Waals surface area contributed by atoms with Gasteiger partial charge in [0.1, 0.15) is 17.1 Å². The minimum Gasteiger partial charge on any atom is -0.292 e. The molecular weight excluding hydrogens is 434 g/mol. The van der Waals surface area contributed by atoms with Crippen LogP contribution in [0, 0.1) is 0 Å². The van der Waals surface area contributed by atoms with E-state index in [1.54, 1.807) is 12.1 Å². The molecule has 4 rings (SSSR count). The van der Waals surface area contributed by atoms with Crippen LogP contribution in [0.4, 0.5) is 5.69 Å². The summed E-state index contributed by atoms with van der Waals surface area (Å²) in [5.74, 6) is 1.24. The molecule has 0 spiro atoms. The molecule has 0 aromatic heterocycles. The number of quaternary nitrogens is 1. The predicted octanol–water partition coefficient (Wildman–Crippen LogP) is 5.20. The highest BCUT2D eigenvalue weighted by atomic mass is 32.2. The number of fused-ring (bicyclic) bond motifs is 1. The minimum absolute atomic E-state index is 0.0471. The molecule has 1 saturated heterocycles. The molecule has 3 aromatic carbocycles. The lowest BCUT2D eigenvalue weighted by Crippen LogP contribution is -2.39. The van der Waals surface area contributed by atoms with Gasteiger partial charge in [-0.3, -0.25) is 9.04 Å². The van der Waals surface area contributed by atoms with E-state index in [-0.39, 0.29) is 4.90 Å². The first kappa shape index (κ1) is 21.7. The van der Waals surface area contributed by atoms with Crippen molar-refractivity contribution in [3.8, 4) is 0 Å². The first-order valence-corrected chi connectivity index (χ1v) is 13.5. The van der Waals surface area contributed by atoms with Gasteiger partial charge in [0.05, 0.1) is 14.1 Å². The highest BCUT2D eigenvalue weighted by Crippen LogP contribution is 2.35. The van der Waals surface area contributed by atoms with Crippen LogP contribution in [0.3, 0.4) is 0 Å². The van der Waals surface area contributed by atoms with Gasteiger partial charge in [0.2, 0.25) is 0 Å². The standard InChI is InChI=1S/C23H25NO3S3/c1-24(2,14-18-11-9-17(10-12-18)13-19-15-28-16-29-19)22-7-3-6-21-20(22)5-4-8-23(21)30(25,26)27/h3-12,19H,13-16H2,1-2H3/p+1/t19-/m0/s1. The van der Waals surface area contributed by atoms with E-state index in [0.29, 0.717) is 9.87 Å². The van der Waals surface area contributed by atoms with Gasteiger partial charge in [0.25, 0.3) is 10.1 Å². The summed E-state index contributed by atoms with van der Waals surface area (Å²) in [6.45, 7) is 0.781. The molecule has 0 aliphatic carbocycles. The van der Waals surface area contributed by atoms with Gasteiger partial charge < -0.3 is 0 Å². The monoisotopic (exact) mass is 460 g/mol. The molecule has 4 nitrogen and oxygen atoms in total. The third kappa shape index (κ3) is 4.70. The Morgan fingerprint density at radius 1 is 0.967 bits per heavy atom. The van der Waals surface area contributed by atoms with Crippen molar-refractivity contribution in [1.29, 1.82) is 0 Å². The van der Waals surface area contributed by atoms with E-state index in [9.17, 15) is 13.0 Å². The van der Waals surface area contributed by atoms with E-state index < -0.39 is 10.1 Å². The molecule has 158 valence electrons. The zero-order valence-corrected chi connectivity index (χ0v) is 19.6. The lowest BCUT2D eigenvalue weighted by molar-refractivity contribution is 0.395. The summed E-state index contributed by atoms with van der Waals surface area (Å²) in [5, 5.41) is 3.32. The highest BCUT2D eigenvalue weighted by molar-refractivity contribution is 8.19. The number of benzene rings is 3. The van der Waals surface area contributed by atoms with Crippen molar-refractivity contribution in [2.45, 2.75) is 23.1 Å². The summed E-state index contributed by atoms with van der Waals surface area (Å²) in [5.41, 5.74) is 3.63. The average molecular weight is 461 g/mol. The van der Waals surface area contributed by atoms with E-state index in [1.807, 2.05) is 30.0 Å². The maximum atomic E-state index is 11.8. The largest absolute Gasteiger partial charge is 0.295 e. The van der Waals surface area contributed by atoms with Crippen molar-refractivity contribution >= 4 is 50.1 Å². The Morgan fingerprint density at radius 2 is 1.63 bits per heavy atom. The second-order valence-electron chi connectivity index (χ2n) is 8.24. The van der Waals surface area contributed by atoms with Gasteiger partial charge in [-0.1, -0.05) is 42.5 Å². The number of nitrogens with zero attached hydrogens (tertiary/aromatic N) is 1. The van der Waals surface area contributed by atoms with Crippen LogP contribution in [-0.2, 0) is 23.1 Å². The normalized spacial score (nSPS) is 17.5. The van der Waals surface area contributed by atoms with E-state index in [0.717, 1.165) is 29.3 Å². The maximum Gasteiger partial charge on any atom is 0.295 e. The first-order valence-electron chi connectivity index (χ1n) is 9.84. The molecule has 0 unspecified atom stereocenters. The van der Waals surface area contributed by atoms with Crippen molar-refractivity contribution in [1.82, 2.24) is 4.48 Å². The van der Waals surface area contributed by atoms with Crippen LogP contribution in [0.5, 0.6) is 0 Å². The van der Waals surface area contributed by atoms with Gasteiger partial charge in [0.15, 0.2) is 0 Å². The molecule has 0 amide bonds. The Bertz CT molecular complexity index is 1150. The second kappa shape index (κ2) is 8.55. The molecule has 7 heteroatoms. The predicted molar refractivity (Wildman–Crippen MR) is 130 cm³/mol. The summed E-state index contributed by atoms with van der Waals surface area (Å²) in [4.78, 5) is -0.0471. The number of rotatable bonds is 6. The van der Waals surface area contributed by atoms with E-state index in [4.69, 9.17) is 0 Å². The van der Waals surface area contributed by atoms with Gasteiger partial charge in [0, 0.05) is 32.4 Å². The molecule has 1 heterocycles. The summed E-state index contributed by atoms with van der Waals surface area (Å²) in [6.07, 6.45) is 1.12. The summed E-state index contributed by atoms with van der Waals surface area (Å²) < 4.78 is 33.8. The highest BCUT2D eigenvalue weighted by Gasteiger charge is 2.25. The molecule has 1 aliphatic heterocycles. The Morgan fingerprint density at radius 3 is 2.30 bits per heavy atom. The van der Waals surface area contributed by atoms with Crippen molar-refractivity contribution in [2.24, 2.45) is 0 Å². The fraction of sp³-hybridized carbons (Fsp3) is 0.304. The zero-order chi connectivity index (χ0) is 21.4. The summed E-state index contributed by atoms with van der Waals surface area (Å²) >= 11 is 4.07. The van der Waals surface area contributed by atoms with E-state index in [2.05, 4.69) is 50.1 Å². The van der Waals surface area contributed by atoms with Crippen molar-refractivity contribution < 1.29 is 13.0 Å². The molecule has 1 fully saturated rings. The van der Waals surface area contributed by atoms with Crippen molar-refractivity contribution in [3.63, 3.8) is 0 Å². The van der Waals surface area contributed by atoms with Gasteiger partial charge in [-0.05, 0) is 30.2 Å². The molecule has 0 radical (unpaired) electrons. The number of hydrogen-bond acceptors (Lipinski definition) is 4. The zero-order valence-electron chi connectivity index (χ0n) is 17.1. The van der Waals surface area contributed by atoms with Crippen molar-refractivity contribution in [3.05, 3.63) is 71.8 Å². The van der Waals surface area contributed by atoms with Gasteiger partial charge >= 0.3 is 0 Å². The lowest BCUT2D eigenvalue weighted by atomic mass is 10.0. The van der Waals surface area contributed by atoms with Crippen LogP contribution in [0.1, 0.15) is 11.1 Å². The van der Waals surface area contributed by atoms with Gasteiger partial charge in [-0.25, -0.2) is 0 Å². The third-order valence-corrected chi connectivity index (χ3v) is 9.32. The van der Waals surface area contributed by atoms with Gasteiger partial charge in [-0.15, -0.1) is 23.5 Å². The molecule has 30 heavy (non-hydrogen) atoms. The number of hydrogen-bond donors (Lipinski definition) is 1. The van der Waals surface area contributed by atoms with Crippen LogP contribution in [0.2, 0.25) is 0 Å². The first-order chi connectivity index (χ1) is 14.2. The molecular formula is C23H26NO3S3+. The van der Waals surface area contributed by atoms with Gasteiger partial charge in [-0.2, -0.15) is 8.42 Å².